The molecule has 96 valence electrons. The fourth-order valence-corrected chi connectivity index (χ4v) is 3.37. The number of nitrogens with zero attached hydrogens (tertiary/aromatic N) is 2. The molecule has 1 saturated heterocycles. The maximum atomic E-state index is 5.40. The first kappa shape index (κ1) is 12.8. The highest BCUT2D eigenvalue weighted by Gasteiger charge is 2.25. The number of rotatable bonds is 5. The van der Waals surface area contributed by atoms with Gasteiger partial charge in [0.1, 0.15) is 0 Å². The minimum Gasteiger partial charge on any atom is -0.380 e. The third kappa shape index (κ3) is 2.78. The molecule has 5 heteroatoms. The highest BCUT2D eigenvalue weighted by Crippen LogP contribution is 2.29. The van der Waals surface area contributed by atoms with Gasteiger partial charge in [0.05, 0.1) is 11.8 Å². The highest BCUT2D eigenvalue weighted by atomic mass is 32.1. The van der Waals surface area contributed by atoms with Crippen molar-refractivity contribution in [3.63, 3.8) is 0 Å². The number of anilines is 1. The standard InChI is InChI=1S/C12H21N3OS/c1-4-10-11(7-13-2)17-12(14-10)15-6-5-9(8-15)16-3/h9,13H,4-8H2,1-3H3. The molecule has 2 rings (SSSR count). The van der Waals surface area contributed by atoms with Crippen LogP contribution in [0.3, 0.4) is 0 Å². The van der Waals surface area contributed by atoms with Gasteiger partial charge in [0.15, 0.2) is 5.13 Å². The summed E-state index contributed by atoms with van der Waals surface area (Å²) < 4.78 is 5.40. The van der Waals surface area contributed by atoms with E-state index in [2.05, 4.69) is 17.1 Å². The minimum atomic E-state index is 0.372. The van der Waals surface area contributed by atoms with Crippen molar-refractivity contribution in [1.29, 1.82) is 0 Å². The zero-order valence-corrected chi connectivity index (χ0v) is 11.6. The van der Waals surface area contributed by atoms with Crippen LogP contribution in [-0.4, -0.2) is 38.3 Å². The predicted molar refractivity (Wildman–Crippen MR) is 71.9 cm³/mol. The molecule has 0 aromatic carbocycles. The number of aryl methyl sites for hydroxylation is 1. The van der Waals surface area contributed by atoms with Crippen LogP contribution >= 0.6 is 11.3 Å². The highest BCUT2D eigenvalue weighted by molar-refractivity contribution is 7.15. The smallest absolute Gasteiger partial charge is 0.185 e. The first-order valence-corrected chi connectivity index (χ1v) is 7.01. The van der Waals surface area contributed by atoms with Gasteiger partial charge in [-0.3, -0.25) is 0 Å². The van der Waals surface area contributed by atoms with Gasteiger partial charge in [0.2, 0.25) is 0 Å². The third-order valence-corrected chi connectivity index (χ3v) is 4.35. The molecule has 1 aromatic rings. The molecule has 0 radical (unpaired) electrons. The van der Waals surface area contributed by atoms with E-state index >= 15 is 0 Å². The van der Waals surface area contributed by atoms with Gasteiger partial charge in [0.25, 0.3) is 0 Å². The Hall–Kier alpha value is -0.650. The van der Waals surface area contributed by atoms with E-state index in [1.807, 2.05) is 18.4 Å². The van der Waals surface area contributed by atoms with E-state index in [-0.39, 0.29) is 0 Å². The molecule has 0 bridgehead atoms. The zero-order chi connectivity index (χ0) is 12.3. The predicted octanol–water partition coefficient (Wildman–Crippen LogP) is 1.65. The SMILES string of the molecule is CCc1nc(N2CCC(OC)C2)sc1CNC. The van der Waals surface area contributed by atoms with Crippen LogP contribution in [0.2, 0.25) is 0 Å². The maximum Gasteiger partial charge on any atom is 0.185 e. The van der Waals surface area contributed by atoms with Crippen LogP contribution in [0.1, 0.15) is 23.9 Å². The molecule has 0 aliphatic carbocycles. The van der Waals surface area contributed by atoms with E-state index in [1.165, 1.54) is 10.6 Å². The number of hydrogen-bond donors (Lipinski definition) is 1. The topological polar surface area (TPSA) is 37.4 Å². The molecule has 1 fully saturated rings. The lowest BCUT2D eigenvalue weighted by atomic mass is 10.3. The Morgan fingerprint density at radius 1 is 1.59 bits per heavy atom. The van der Waals surface area contributed by atoms with E-state index in [0.717, 1.165) is 37.6 Å². The van der Waals surface area contributed by atoms with Crippen LogP contribution in [0, 0.1) is 0 Å². The molecule has 0 amide bonds. The first-order valence-electron chi connectivity index (χ1n) is 6.19. The number of aromatic nitrogens is 1. The van der Waals surface area contributed by atoms with Crippen molar-refractivity contribution < 1.29 is 4.74 Å². The van der Waals surface area contributed by atoms with Crippen molar-refractivity contribution in [1.82, 2.24) is 10.3 Å². The van der Waals surface area contributed by atoms with Gasteiger partial charge in [-0.15, -0.1) is 11.3 Å². The molecule has 2 heterocycles. The molecule has 1 atom stereocenters. The van der Waals surface area contributed by atoms with Crippen molar-refractivity contribution in [2.45, 2.75) is 32.4 Å². The van der Waals surface area contributed by atoms with Crippen LogP contribution in [0.4, 0.5) is 5.13 Å². The van der Waals surface area contributed by atoms with Crippen LogP contribution in [0.25, 0.3) is 0 Å². The van der Waals surface area contributed by atoms with Crippen molar-refractivity contribution in [3.8, 4) is 0 Å². The van der Waals surface area contributed by atoms with E-state index in [4.69, 9.17) is 9.72 Å². The average molecular weight is 255 g/mol. The number of methoxy groups -OCH3 is 1. The second-order valence-corrected chi connectivity index (χ2v) is 5.40. The van der Waals surface area contributed by atoms with Gasteiger partial charge >= 0.3 is 0 Å². The Balaban J connectivity index is 2.11. The lowest BCUT2D eigenvalue weighted by Crippen LogP contribution is -2.21. The normalized spacial score (nSPS) is 20.2. The Kier molecular flexibility index (Phi) is 4.36. The Morgan fingerprint density at radius 2 is 2.41 bits per heavy atom. The second kappa shape index (κ2) is 5.80. The summed E-state index contributed by atoms with van der Waals surface area (Å²) in [6.07, 6.45) is 2.49. The Bertz CT molecular complexity index is 367. The van der Waals surface area contributed by atoms with E-state index in [1.54, 1.807) is 7.11 Å². The molecule has 17 heavy (non-hydrogen) atoms. The molecule has 1 N–H and O–H groups in total. The molecular formula is C12H21N3OS. The maximum absolute atomic E-state index is 5.40. The van der Waals surface area contributed by atoms with E-state index in [9.17, 15) is 0 Å². The van der Waals surface area contributed by atoms with Gasteiger partial charge < -0.3 is 15.0 Å². The monoisotopic (exact) mass is 255 g/mol. The molecule has 1 aliphatic heterocycles. The van der Waals surface area contributed by atoms with Gasteiger partial charge in [-0.1, -0.05) is 6.92 Å². The van der Waals surface area contributed by atoms with Crippen LogP contribution in [0.15, 0.2) is 0 Å². The van der Waals surface area contributed by atoms with Crippen molar-refractivity contribution in [2.75, 3.05) is 32.1 Å². The zero-order valence-electron chi connectivity index (χ0n) is 10.8. The van der Waals surface area contributed by atoms with E-state index in [0.29, 0.717) is 6.10 Å². The largest absolute Gasteiger partial charge is 0.380 e. The average Bonchev–Trinajstić information content (AvgIpc) is 2.94. The summed E-state index contributed by atoms with van der Waals surface area (Å²) in [5.74, 6) is 0. The molecule has 4 nitrogen and oxygen atoms in total. The lowest BCUT2D eigenvalue weighted by molar-refractivity contribution is 0.121. The number of nitrogens with one attached hydrogen (secondary N) is 1. The lowest BCUT2D eigenvalue weighted by Gasteiger charge is -2.13. The fourth-order valence-electron chi connectivity index (χ4n) is 2.17. The summed E-state index contributed by atoms with van der Waals surface area (Å²) in [6, 6.07) is 0. The molecule has 1 aromatic heterocycles. The van der Waals surface area contributed by atoms with Crippen LogP contribution in [-0.2, 0) is 17.7 Å². The van der Waals surface area contributed by atoms with Crippen LogP contribution < -0.4 is 10.2 Å². The summed E-state index contributed by atoms with van der Waals surface area (Å²) in [5, 5.41) is 4.37. The molecule has 1 aliphatic rings. The summed E-state index contributed by atoms with van der Waals surface area (Å²) in [5.41, 5.74) is 1.24. The first-order chi connectivity index (χ1) is 8.28. The van der Waals surface area contributed by atoms with Gasteiger partial charge in [0, 0.05) is 31.6 Å². The summed E-state index contributed by atoms with van der Waals surface area (Å²) in [7, 11) is 3.77. The number of ether oxygens (including phenoxy) is 1. The molecule has 0 saturated carbocycles. The summed E-state index contributed by atoms with van der Waals surface area (Å²) in [4.78, 5) is 8.46. The van der Waals surface area contributed by atoms with Gasteiger partial charge in [-0.05, 0) is 19.9 Å². The number of thiazole rings is 1. The Labute approximate surface area is 107 Å². The van der Waals surface area contributed by atoms with Crippen molar-refractivity contribution in [3.05, 3.63) is 10.6 Å². The summed E-state index contributed by atoms with van der Waals surface area (Å²) >= 11 is 1.82. The minimum absolute atomic E-state index is 0.372. The summed E-state index contributed by atoms with van der Waals surface area (Å²) in [6.45, 7) is 5.13. The second-order valence-electron chi connectivity index (χ2n) is 4.34. The van der Waals surface area contributed by atoms with Gasteiger partial charge in [-0.25, -0.2) is 4.98 Å². The molecule has 1 unspecified atom stereocenters. The van der Waals surface area contributed by atoms with E-state index < -0.39 is 0 Å². The number of hydrogen-bond acceptors (Lipinski definition) is 5. The van der Waals surface area contributed by atoms with Crippen molar-refractivity contribution >= 4 is 16.5 Å². The third-order valence-electron chi connectivity index (χ3n) is 3.19. The molecule has 0 spiro atoms. The fraction of sp³-hybridized carbons (Fsp3) is 0.750. The molecular weight excluding hydrogens is 234 g/mol. The quantitative estimate of drug-likeness (QED) is 0.868. The van der Waals surface area contributed by atoms with Gasteiger partial charge in [-0.2, -0.15) is 0 Å². The Morgan fingerprint density at radius 3 is 3.00 bits per heavy atom. The van der Waals surface area contributed by atoms with Crippen LogP contribution in [0.5, 0.6) is 0 Å². The van der Waals surface area contributed by atoms with Crippen molar-refractivity contribution in [2.24, 2.45) is 0 Å².